The summed E-state index contributed by atoms with van der Waals surface area (Å²) in [5.41, 5.74) is 5.93. The van der Waals surface area contributed by atoms with Crippen molar-refractivity contribution in [2.75, 3.05) is 17.3 Å². The fourth-order valence-corrected chi connectivity index (χ4v) is 1.98. The predicted molar refractivity (Wildman–Crippen MR) is 84.4 cm³/mol. The lowest BCUT2D eigenvalue weighted by Gasteiger charge is -2.12. The van der Waals surface area contributed by atoms with Gasteiger partial charge in [0.05, 0.1) is 0 Å². The molecular formula is C15H21N5O. The fourth-order valence-electron chi connectivity index (χ4n) is 1.98. The Kier molecular flexibility index (Phi) is 5.08. The molecule has 0 amide bonds. The lowest BCUT2D eigenvalue weighted by molar-refractivity contribution is 0.128. The van der Waals surface area contributed by atoms with Crippen LogP contribution >= 0.6 is 0 Å². The Hall–Kier alpha value is -2.18. The largest absolute Gasteiger partial charge is 0.374 e. The number of hydrazine groups is 1. The van der Waals surface area contributed by atoms with Crippen molar-refractivity contribution in [3.8, 4) is 0 Å². The van der Waals surface area contributed by atoms with Crippen LogP contribution < -0.4 is 16.6 Å². The van der Waals surface area contributed by atoms with Crippen LogP contribution in [0.2, 0.25) is 0 Å². The number of ether oxygens (including phenoxy) is 1. The molecule has 0 saturated carbocycles. The maximum Gasteiger partial charge on any atom is 0.158 e. The van der Waals surface area contributed by atoms with Gasteiger partial charge >= 0.3 is 0 Å². The zero-order chi connectivity index (χ0) is 15.2. The standard InChI is InChI=1S/C15H21N5O/c1-4-21-9-15-18-13(8-14(19-15)20-16)17-12-6-5-10(2)7-11(12)3/h5-8H,4,9,16H2,1-3H3,(H2,17,18,19,20). The third-order valence-corrected chi connectivity index (χ3v) is 3.00. The molecule has 0 spiro atoms. The van der Waals surface area contributed by atoms with Crippen molar-refractivity contribution in [2.45, 2.75) is 27.4 Å². The summed E-state index contributed by atoms with van der Waals surface area (Å²) in [6.07, 6.45) is 0. The molecule has 0 saturated heterocycles. The molecule has 4 N–H and O–H groups in total. The van der Waals surface area contributed by atoms with Crippen molar-refractivity contribution < 1.29 is 4.74 Å². The molecule has 0 aliphatic rings. The Bertz CT molecular complexity index is 615. The molecular weight excluding hydrogens is 266 g/mol. The second-order valence-electron chi connectivity index (χ2n) is 4.78. The van der Waals surface area contributed by atoms with Crippen LogP contribution in [0.1, 0.15) is 23.9 Å². The van der Waals surface area contributed by atoms with Crippen molar-refractivity contribution >= 4 is 17.3 Å². The highest BCUT2D eigenvalue weighted by Gasteiger charge is 2.06. The van der Waals surface area contributed by atoms with Crippen LogP contribution in [0.5, 0.6) is 0 Å². The maximum absolute atomic E-state index is 5.45. The molecule has 21 heavy (non-hydrogen) atoms. The van der Waals surface area contributed by atoms with Gasteiger partial charge in [-0.15, -0.1) is 0 Å². The van der Waals surface area contributed by atoms with Gasteiger partial charge in [0.1, 0.15) is 18.2 Å². The van der Waals surface area contributed by atoms with Crippen LogP contribution in [0.15, 0.2) is 24.3 Å². The average Bonchev–Trinajstić information content (AvgIpc) is 2.48. The smallest absolute Gasteiger partial charge is 0.158 e. The van der Waals surface area contributed by atoms with Crippen LogP contribution in [0.3, 0.4) is 0 Å². The van der Waals surface area contributed by atoms with E-state index < -0.39 is 0 Å². The average molecular weight is 287 g/mol. The minimum absolute atomic E-state index is 0.355. The van der Waals surface area contributed by atoms with Gasteiger partial charge in [-0.1, -0.05) is 17.7 Å². The highest BCUT2D eigenvalue weighted by Crippen LogP contribution is 2.21. The Morgan fingerprint density at radius 3 is 2.57 bits per heavy atom. The summed E-state index contributed by atoms with van der Waals surface area (Å²) in [6, 6.07) is 7.96. The molecule has 2 aromatic rings. The number of anilines is 3. The summed E-state index contributed by atoms with van der Waals surface area (Å²) in [4.78, 5) is 8.69. The Morgan fingerprint density at radius 1 is 1.14 bits per heavy atom. The molecule has 1 heterocycles. The van der Waals surface area contributed by atoms with E-state index in [-0.39, 0.29) is 0 Å². The lowest BCUT2D eigenvalue weighted by Crippen LogP contribution is -2.12. The van der Waals surface area contributed by atoms with Gasteiger partial charge in [0.2, 0.25) is 0 Å². The monoisotopic (exact) mass is 287 g/mol. The molecule has 2 rings (SSSR count). The number of hydrogen-bond donors (Lipinski definition) is 3. The lowest BCUT2D eigenvalue weighted by atomic mass is 10.1. The summed E-state index contributed by atoms with van der Waals surface area (Å²) >= 11 is 0. The number of rotatable bonds is 6. The van der Waals surface area contributed by atoms with Crippen molar-refractivity contribution in [2.24, 2.45) is 5.84 Å². The molecule has 6 nitrogen and oxygen atoms in total. The van der Waals surface area contributed by atoms with E-state index in [9.17, 15) is 0 Å². The minimum atomic E-state index is 0.355. The van der Waals surface area contributed by atoms with E-state index in [1.54, 1.807) is 6.07 Å². The van der Waals surface area contributed by atoms with Gasteiger partial charge in [0, 0.05) is 18.4 Å². The van der Waals surface area contributed by atoms with Gasteiger partial charge in [0.25, 0.3) is 0 Å². The molecule has 0 radical (unpaired) electrons. The van der Waals surface area contributed by atoms with Crippen LogP contribution in [0.4, 0.5) is 17.3 Å². The highest BCUT2D eigenvalue weighted by molar-refractivity contribution is 5.62. The summed E-state index contributed by atoms with van der Waals surface area (Å²) < 4.78 is 5.34. The van der Waals surface area contributed by atoms with Gasteiger partial charge < -0.3 is 15.5 Å². The summed E-state index contributed by atoms with van der Waals surface area (Å²) in [6.45, 7) is 7.02. The van der Waals surface area contributed by atoms with E-state index in [1.165, 1.54) is 5.56 Å². The van der Waals surface area contributed by atoms with E-state index in [4.69, 9.17) is 10.6 Å². The van der Waals surface area contributed by atoms with E-state index in [1.807, 2.05) is 13.0 Å². The Morgan fingerprint density at radius 2 is 1.90 bits per heavy atom. The molecule has 6 heteroatoms. The molecule has 0 bridgehead atoms. The number of aryl methyl sites for hydroxylation is 2. The Balaban J connectivity index is 2.25. The van der Waals surface area contributed by atoms with Gasteiger partial charge in [-0.25, -0.2) is 15.8 Å². The van der Waals surface area contributed by atoms with Crippen molar-refractivity contribution in [3.63, 3.8) is 0 Å². The number of nitrogen functional groups attached to an aromatic ring is 1. The number of nitrogens with two attached hydrogens (primary N) is 1. The Labute approximate surface area is 124 Å². The molecule has 0 unspecified atom stereocenters. The van der Waals surface area contributed by atoms with Crippen molar-refractivity contribution in [3.05, 3.63) is 41.2 Å². The quantitative estimate of drug-likeness (QED) is 0.559. The fraction of sp³-hybridized carbons (Fsp3) is 0.333. The van der Waals surface area contributed by atoms with Crippen LogP contribution in [-0.2, 0) is 11.3 Å². The summed E-state index contributed by atoms with van der Waals surface area (Å²) in [5.74, 6) is 7.26. The topological polar surface area (TPSA) is 85.1 Å². The maximum atomic E-state index is 5.45. The first kappa shape index (κ1) is 15.2. The zero-order valence-corrected chi connectivity index (χ0v) is 12.6. The molecule has 0 atom stereocenters. The number of benzene rings is 1. The second kappa shape index (κ2) is 7.01. The summed E-state index contributed by atoms with van der Waals surface area (Å²) in [7, 11) is 0. The van der Waals surface area contributed by atoms with E-state index in [2.05, 4.69) is 46.7 Å². The third-order valence-electron chi connectivity index (χ3n) is 3.00. The van der Waals surface area contributed by atoms with Crippen LogP contribution in [-0.4, -0.2) is 16.6 Å². The van der Waals surface area contributed by atoms with E-state index >= 15 is 0 Å². The first-order valence-electron chi connectivity index (χ1n) is 6.89. The van der Waals surface area contributed by atoms with Crippen LogP contribution in [0, 0.1) is 13.8 Å². The first-order chi connectivity index (χ1) is 10.1. The number of aromatic nitrogens is 2. The molecule has 1 aromatic carbocycles. The summed E-state index contributed by atoms with van der Waals surface area (Å²) in [5, 5.41) is 3.29. The molecule has 0 fully saturated rings. The second-order valence-corrected chi connectivity index (χ2v) is 4.78. The number of nitrogens with zero attached hydrogens (tertiary/aromatic N) is 2. The SMILES string of the molecule is CCOCc1nc(NN)cc(Nc2ccc(C)cc2C)n1. The van der Waals surface area contributed by atoms with E-state index in [0.29, 0.717) is 30.7 Å². The molecule has 0 aliphatic carbocycles. The van der Waals surface area contributed by atoms with Gasteiger partial charge in [0.15, 0.2) is 5.82 Å². The first-order valence-corrected chi connectivity index (χ1v) is 6.89. The van der Waals surface area contributed by atoms with Crippen LogP contribution in [0.25, 0.3) is 0 Å². The van der Waals surface area contributed by atoms with Crippen molar-refractivity contribution in [1.82, 2.24) is 9.97 Å². The molecule has 1 aromatic heterocycles. The van der Waals surface area contributed by atoms with Gasteiger partial charge in [-0.05, 0) is 32.4 Å². The van der Waals surface area contributed by atoms with Crippen molar-refractivity contribution in [1.29, 1.82) is 0 Å². The molecule has 112 valence electrons. The van der Waals surface area contributed by atoms with E-state index in [0.717, 1.165) is 11.3 Å². The highest BCUT2D eigenvalue weighted by atomic mass is 16.5. The zero-order valence-electron chi connectivity index (χ0n) is 12.6. The number of nitrogens with one attached hydrogen (secondary N) is 2. The van der Waals surface area contributed by atoms with Gasteiger partial charge in [-0.3, -0.25) is 0 Å². The van der Waals surface area contributed by atoms with Gasteiger partial charge in [-0.2, -0.15) is 0 Å². The number of hydrogen-bond acceptors (Lipinski definition) is 6. The minimum Gasteiger partial charge on any atom is -0.374 e. The predicted octanol–water partition coefficient (Wildman–Crippen LogP) is 2.66. The third kappa shape index (κ3) is 4.14. The molecule has 0 aliphatic heterocycles. The normalized spacial score (nSPS) is 10.5.